The molecule has 0 saturated carbocycles. The molecule has 0 spiro atoms. The van der Waals surface area contributed by atoms with Crippen molar-refractivity contribution in [3.8, 4) is 0 Å². The zero-order chi connectivity index (χ0) is 11.4. The van der Waals surface area contributed by atoms with Crippen molar-refractivity contribution in [3.63, 3.8) is 0 Å². The highest BCUT2D eigenvalue weighted by molar-refractivity contribution is 5.03. The smallest absolute Gasteiger partial charge is 0.0286 e. The van der Waals surface area contributed by atoms with E-state index >= 15 is 0 Å². The summed E-state index contributed by atoms with van der Waals surface area (Å²) >= 11 is 0. The van der Waals surface area contributed by atoms with Crippen molar-refractivity contribution in [2.75, 3.05) is 0 Å². The standard InChI is InChI=1S/C15H26/c1-4-7-10-13-15(12-9-6-3)14-11-8-5-2/h4,6,14H,1,3,5,7-13H2,2H3. The quantitative estimate of drug-likeness (QED) is 0.330. The summed E-state index contributed by atoms with van der Waals surface area (Å²) in [5.74, 6) is 0. The van der Waals surface area contributed by atoms with Crippen molar-refractivity contribution in [1.29, 1.82) is 0 Å². The van der Waals surface area contributed by atoms with Crippen LogP contribution in [0.4, 0.5) is 0 Å². The highest BCUT2D eigenvalue weighted by atomic mass is 14.0. The fourth-order valence-electron chi connectivity index (χ4n) is 1.60. The van der Waals surface area contributed by atoms with Gasteiger partial charge in [0.05, 0.1) is 0 Å². The highest BCUT2D eigenvalue weighted by Crippen LogP contribution is 2.16. The lowest BCUT2D eigenvalue weighted by Crippen LogP contribution is -1.85. The molecule has 0 bridgehead atoms. The maximum absolute atomic E-state index is 3.78. The first kappa shape index (κ1) is 14.2. The van der Waals surface area contributed by atoms with Crippen molar-refractivity contribution in [2.24, 2.45) is 0 Å². The Hall–Kier alpha value is -0.780. The number of allylic oxidation sites excluding steroid dienone is 4. The second-order valence-corrected chi connectivity index (χ2v) is 4.01. The molecule has 15 heavy (non-hydrogen) atoms. The van der Waals surface area contributed by atoms with E-state index in [1.165, 1.54) is 38.5 Å². The summed E-state index contributed by atoms with van der Waals surface area (Å²) in [6.45, 7) is 9.79. The molecule has 0 aliphatic heterocycles. The summed E-state index contributed by atoms with van der Waals surface area (Å²) < 4.78 is 0. The van der Waals surface area contributed by atoms with Gasteiger partial charge in [-0.3, -0.25) is 0 Å². The molecule has 86 valence electrons. The van der Waals surface area contributed by atoms with Gasteiger partial charge in [-0.05, 0) is 38.5 Å². The van der Waals surface area contributed by atoms with E-state index in [1.54, 1.807) is 5.57 Å². The van der Waals surface area contributed by atoms with E-state index in [-0.39, 0.29) is 0 Å². The van der Waals surface area contributed by atoms with Gasteiger partial charge < -0.3 is 0 Å². The van der Waals surface area contributed by atoms with Crippen LogP contribution in [0.5, 0.6) is 0 Å². The van der Waals surface area contributed by atoms with Gasteiger partial charge in [-0.1, -0.05) is 43.6 Å². The number of hydrogen-bond acceptors (Lipinski definition) is 0. The molecule has 0 saturated heterocycles. The molecule has 0 aliphatic carbocycles. The predicted molar refractivity (Wildman–Crippen MR) is 71.1 cm³/mol. The average Bonchev–Trinajstić information content (AvgIpc) is 2.25. The van der Waals surface area contributed by atoms with Crippen molar-refractivity contribution in [1.82, 2.24) is 0 Å². The first-order valence-corrected chi connectivity index (χ1v) is 6.24. The molecule has 0 rings (SSSR count). The summed E-state index contributed by atoms with van der Waals surface area (Å²) in [5.41, 5.74) is 1.62. The Bertz CT molecular complexity index is 186. The van der Waals surface area contributed by atoms with Crippen LogP contribution >= 0.6 is 0 Å². The number of hydrogen-bond donors (Lipinski definition) is 0. The Morgan fingerprint density at radius 1 is 0.933 bits per heavy atom. The molecule has 0 heterocycles. The fourth-order valence-corrected chi connectivity index (χ4v) is 1.60. The van der Waals surface area contributed by atoms with Gasteiger partial charge >= 0.3 is 0 Å². The second kappa shape index (κ2) is 11.3. The molecule has 0 aliphatic rings. The van der Waals surface area contributed by atoms with Crippen molar-refractivity contribution in [3.05, 3.63) is 37.0 Å². The molecule has 0 amide bonds. The fraction of sp³-hybridized carbons (Fsp3) is 0.600. The van der Waals surface area contributed by atoms with E-state index in [2.05, 4.69) is 26.2 Å². The van der Waals surface area contributed by atoms with Crippen molar-refractivity contribution in [2.45, 2.75) is 58.3 Å². The molecule has 0 unspecified atom stereocenters. The van der Waals surface area contributed by atoms with Crippen LogP contribution in [-0.4, -0.2) is 0 Å². The monoisotopic (exact) mass is 206 g/mol. The maximum Gasteiger partial charge on any atom is -0.0286 e. The molecule has 0 nitrogen and oxygen atoms in total. The normalized spacial score (nSPS) is 11.4. The van der Waals surface area contributed by atoms with E-state index in [9.17, 15) is 0 Å². The van der Waals surface area contributed by atoms with Crippen LogP contribution in [0.3, 0.4) is 0 Å². The third-order valence-electron chi connectivity index (χ3n) is 2.57. The van der Waals surface area contributed by atoms with Crippen LogP contribution in [0, 0.1) is 0 Å². The average molecular weight is 206 g/mol. The van der Waals surface area contributed by atoms with Crippen molar-refractivity contribution >= 4 is 0 Å². The molecule has 0 atom stereocenters. The third kappa shape index (κ3) is 9.52. The minimum atomic E-state index is 1.12. The minimum Gasteiger partial charge on any atom is -0.103 e. The summed E-state index contributed by atoms with van der Waals surface area (Å²) in [4.78, 5) is 0. The van der Waals surface area contributed by atoms with Gasteiger partial charge in [0.15, 0.2) is 0 Å². The van der Waals surface area contributed by atoms with Crippen LogP contribution in [0.25, 0.3) is 0 Å². The topological polar surface area (TPSA) is 0 Å². The molecule has 0 aromatic heterocycles. The van der Waals surface area contributed by atoms with E-state index in [0.29, 0.717) is 0 Å². The summed E-state index contributed by atoms with van der Waals surface area (Å²) in [6, 6.07) is 0. The molecule has 0 aromatic carbocycles. The molecule has 0 N–H and O–H groups in total. The van der Waals surface area contributed by atoms with E-state index in [1.807, 2.05) is 12.2 Å². The van der Waals surface area contributed by atoms with Gasteiger partial charge in [0.1, 0.15) is 0 Å². The first-order valence-electron chi connectivity index (χ1n) is 6.24. The van der Waals surface area contributed by atoms with E-state index in [0.717, 1.165) is 12.8 Å². The Morgan fingerprint density at radius 3 is 2.27 bits per heavy atom. The Kier molecular flexibility index (Phi) is 10.7. The van der Waals surface area contributed by atoms with Crippen LogP contribution in [0.2, 0.25) is 0 Å². The van der Waals surface area contributed by atoms with Crippen LogP contribution in [0.15, 0.2) is 37.0 Å². The van der Waals surface area contributed by atoms with Gasteiger partial charge in [-0.2, -0.15) is 0 Å². The number of unbranched alkanes of at least 4 members (excludes halogenated alkanes) is 3. The minimum absolute atomic E-state index is 1.12. The van der Waals surface area contributed by atoms with Gasteiger partial charge in [0.2, 0.25) is 0 Å². The van der Waals surface area contributed by atoms with Gasteiger partial charge in [-0.15, -0.1) is 13.2 Å². The lowest BCUT2D eigenvalue weighted by molar-refractivity contribution is 0.759. The lowest BCUT2D eigenvalue weighted by Gasteiger charge is -2.05. The predicted octanol–water partition coefficient (Wildman–Crippen LogP) is 5.43. The Morgan fingerprint density at radius 2 is 1.67 bits per heavy atom. The zero-order valence-electron chi connectivity index (χ0n) is 10.3. The van der Waals surface area contributed by atoms with Crippen LogP contribution < -0.4 is 0 Å². The first-order chi connectivity index (χ1) is 7.35. The highest BCUT2D eigenvalue weighted by Gasteiger charge is 1.96. The second-order valence-electron chi connectivity index (χ2n) is 4.01. The third-order valence-corrected chi connectivity index (χ3v) is 2.57. The van der Waals surface area contributed by atoms with Crippen LogP contribution in [0.1, 0.15) is 58.3 Å². The van der Waals surface area contributed by atoms with Gasteiger partial charge in [-0.25, -0.2) is 0 Å². The molecular formula is C15H26. The summed E-state index contributed by atoms with van der Waals surface area (Å²) in [7, 11) is 0. The van der Waals surface area contributed by atoms with Crippen LogP contribution in [-0.2, 0) is 0 Å². The van der Waals surface area contributed by atoms with Gasteiger partial charge in [0.25, 0.3) is 0 Å². The summed E-state index contributed by atoms with van der Waals surface area (Å²) in [5, 5.41) is 0. The molecule has 0 aromatic rings. The lowest BCUT2D eigenvalue weighted by atomic mass is 10.0. The zero-order valence-corrected chi connectivity index (χ0v) is 10.3. The number of rotatable bonds is 10. The maximum atomic E-state index is 3.78. The molecule has 0 fully saturated rings. The van der Waals surface area contributed by atoms with E-state index in [4.69, 9.17) is 0 Å². The molecule has 0 radical (unpaired) electrons. The molecular weight excluding hydrogens is 180 g/mol. The Labute approximate surface area is 95.8 Å². The van der Waals surface area contributed by atoms with E-state index < -0.39 is 0 Å². The largest absolute Gasteiger partial charge is 0.103 e. The van der Waals surface area contributed by atoms with Gasteiger partial charge in [0, 0.05) is 0 Å². The SMILES string of the molecule is C=CCCCC(=CCCCC)CCC=C. The summed E-state index contributed by atoms with van der Waals surface area (Å²) in [6.07, 6.45) is 16.3. The Balaban J connectivity index is 3.86. The van der Waals surface area contributed by atoms with Crippen molar-refractivity contribution < 1.29 is 0 Å². The molecule has 0 heteroatoms.